The van der Waals surface area contributed by atoms with Gasteiger partial charge in [-0.15, -0.1) is 28.5 Å². The number of carbonyl (C=O) groups excluding carboxylic acids is 2. The third kappa shape index (κ3) is 10.2. The number of nitrogens with one attached hydrogen (secondary N) is 2. The fourth-order valence-corrected chi connectivity index (χ4v) is 4.69. The molecule has 0 atom stereocenters. The van der Waals surface area contributed by atoms with Crippen molar-refractivity contribution >= 4 is 45.7 Å². The highest BCUT2D eigenvalue weighted by molar-refractivity contribution is 14.1. The minimum absolute atomic E-state index is 0.0349. The lowest BCUT2D eigenvalue weighted by atomic mass is 10.2. The molecule has 43 heavy (non-hydrogen) atoms. The minimum atomic E-state index is -4.81. The number of amides is 2. The highest BCUT2D eigenvalue weighted by Crippen LogP contribution is 2.34. The van der Waals surface area contributed by atoms with Crippen LogP contribution in [-0.2, 0) is 30.0 Å². The van der Waals surface area contributed by atoms with Crippen LogP contribution in [0.15, 0.2) is 48.8 Å². The fourth-order valence-electron chi connectivity index (χ4n) is 3.58. The van der Waals surface area contributed by atoms with E-state index in [-0.39, 0.29) is 35.1 Å². The molecule has 0 spiro atoms. The van der Waals surface area contributed by atoms with E-state index >= 15 is 0 Å². The third-order valence-corrected chi connectivity index (χ3v) is 7.23. The van der Waals surface area contributed by atoms with Crippen molar-refractivity contribution in [2.24, 2.45) is 0 Å². The van der Waals surface area contributed by atoms with E-state index in [0.29, 0.717) is 42.1 Å². The molecular weight excluding hydrogens is 714 g/mol. The van der Waals surface area contributed by atoms with E-state index in [9.17, 15) is 31.5 Å². The van der Waals surface area contributed by atoms with Crippen LogP contribution < -0.4 is 15.4 Å². The number of alkyl halides is 6. The average Bonchev–Trinajstić information content (AvgIpc) is 3.62. The van der Waals surface area contributed by atoms with Gasteiger partial charge in [-0.25, -0.2) is 0 Å². The number of pyridine rings is 1. The number of aryl methyl sites for hydroxylation is 2. The lowest BCUT2D eigenvalue weighted by Gasteiger charge is -2.10. The number of rotatable bonds is 13. The van der Waals surface area contributed by atoms with Gasteiger partial charge in [0.05, 0.1) is 18.4 Å². The molecule has 11 nitrogen and oxygen atoms in total. The van der Waals surface area contributed by atoms with Crippen LogP contribution in [0.3, 0.4) is 0 Å². The predicted octanol–water partition coefficient (Wildman–Crippen LogP) is 4.79. The molecule has 2 N–H and O–H groups in total. The molecular formula is C25H22F5IN8O3S. The summed E-state index contributed by atoms with van der Waals surface area (Å²) in [6.45, 7) is 0.466. The molecule has 3 heterocycles. The number of nitrogens with zero attached hydrogens (tertiary/aromatic N) is 6. The van der Waals surface area contributed by atoms with Crippen molar-refractivity contribution in [2.75, 3.05) is 0 Å². The number of aromatic nitrogens is 6. The fraction of sp³-hybridized carbons (Fsp3) is 0.320. The number of ether oxygens (including phenoxy) is 1. The van der Waals surface area contributed by atoms with Crippen LogP contribution in [0.5, 0.6) is 5.75 Å². The second-order valence-corrected chi connectivity index (χ2v) is 11.3. The van der Waals surface area contributed by atoms with Gasteiger partial charge in [0.15, 0.2) is 5.69 Å². The maximum atomic E-state index is 13.3. The number of carbonyl (C=O) groups is 2. The van der Waals surface area contributed by atoms with Crippen LogP contribution in [0.2, 0.25) is 0 Å². The molecule has 18 heteroatoms. The SMILES string of the molecule is O=C(NCc1cccc(OC(F)(F)F)c1)c1cn(CCCCc2nnc(C(=O)NCc3ccc(C(F)(F)I)cn3)s2)nn1. The molecule has 0 saturated carbocycles. The minimum Gasteiger partial charge on any atom is -0.406 e. The molecule has 4 aromatic rings. The molecule has 0 aliphatic rings. The average molecular weight is 736 g/mol. The topological polar surface area (TPSA) is 137 Å². The summed E-state index contributed by atoms with van der Waals surface area (Å²) in [7, 11) is 0. The molecule has 4 rings (SSSR count). The van der Waals surface area contributed by atoms with Gasteiger partial charge in [0.1, 0.15) is 10.8 Å². The first-order valence-electron chi connectivity index (χ1n) is 12.5. The first-order valence-corrected chi connectivity index (χ1v) is 14.4. The van der Waals surface area contributed by atoms with Gasteiger partial charge in [-0.2, -0.15) is 8.78 Å². The van der Waals surface area contributed by atoms with Crippen molar-refractivity contribution in [1.82, 2.24) is 40.8 Å². The Hall–Kier alpha value is -3.81. The Kier molecular flexibility index (Phi) is 10.5. The molecule has 0 saturated heterocycles. The van der Waals surface area contributed by atoms with Crippen molar-refractivity contribution in [3.63, 3.8) is 0 Å². The van der Waals surface area contributed by atoms with Crippen LogP contribution in [0.25, 0.3) is 0 Å². The van der Waals surface area contributed by atoms with Crippen molar-refractivity contribution in [1.29, 1.82) is 0 Å². The van der Waals surface area contributed by atoms with Crippen LogP contribution >= 0.6 is 33.9 Å². The van der Waals surface area contributed by atoms with Crippen LogP contribution in [-0.4, -0.2) is 48.4 Å². The lowest BCUT2D eigenvalue weighted by Crippen LogP contribution is -2.23. The molecule has 1 aromatic carbocycles. The molecule has 0 aliphatic carbocycles. The van der Waals surface area contributed by atoms with Crippen molar-refractivity contribution in [2.45, 2.75) is 49.2 Å². The summed E-state index contributed by atoms with van der Waals surface area (Å²) in [5.41, 5.74) is 0.652. The molecule has 0 aliphatic heterocycles. The van der Waals surface area contributed by atoms with Crippen LogP contribution in [0.4, 0.5) is 22.0 Å². The zero-order valence-electron chi connectivity index (χ0n) is 21.9. The molecule has 0 fully saturated rings. The highest BCUT2D eigenvalue weighted by Gasteiger charge is 2.31. The maximum absolute atomic E-state index is 13.3. The van der Waals surface area contributed by atoms with Gasteiger partial charge in [-0.3, -0.25) is 19.3 Å². The van der Waals surface area contributed by atoms with Gasteiger partial charge < -0.3 is 15.4 Å². The van der Waals surface area contributed by atoms with E-state index in [1.165, 1.54) is 35.1 Å². The monoisotopic (exact) mass is 736 g/mol. The van der Waals surface area contributed by atoms with E-state index in [1.54, 1.807) is 6.07 Å². The first kappa shape index (κ1) is 32.1. The van der Waals surface area contributed by atoms with Crippen molar-refractivity contribution in [3.8, 4) is 5.75 Å². The molecule has 0 radical (unpaired) electrons. The molecule has 0 bridgehead atoms. The molecule has 3 aromatic heterocycles. The molecule has 0 unspecified atom stereocenters. The Labute approximate surface area is 258 Å². The number of benzene rings is 1. The van der Waals surface area contributed by atoms with E-state index < -0.39 is 22.1 Å². The van der Waals surface area contributed by atoms with E-state index in [0.717, 1.165) is 46.2 Å². The summed E-state index contributed by atoms with van der Waals surface area (Å²) < 4.78 is 66.1. The van der Waals surface area contributed by atoms with Crippen LogP contribution in [0, 0.1) is 0 Å². The number of hydrogen-bond donors (Lipinski definition) is 2. The van der Waals surface area contributed by atoms with Gasteiger partial charge in [-0.1, -0.05) is 28.7 Å². The van der Waals surface area contributed by atoms with Crippen molar-refractivity contribution in [3.05, 3.63) is 81.3 Å². The number of hydrogen-bond acceptors (Lipinski definition) is 9. The van der Waals surface area contributed by atoms with Gasteiger partial charge in [0.2, 0.25) is 5.01 Å². The summed E-state index contributed by atoms with van der Waals surface area (Å²) in [4.78, 5) is 28.7. The van der Waals surface area contributed by atoms with Gasteiger partial charge in [0, 0.05) is 53.9 Å². The normalized spacial score (nSPS) is 11.8. The standard InChI is InChI=1S/C25H22F5IN8O3S/c26-24(27,31)16-7-8-17(32-12-16)13-34-22(41)23-37-36-20(43-23)6-1-2-9-39-14-19(35-38-39)21(40)33-11-15-4-3-5-18(10-15)42-25(28,29)30/h3-5,7-8,10,12,14H,1-2,6,9,11,13H2,(H,33,40)(H,34,41). The summed E-state index contributed by atoms with van der Waals surface area (Å²) in [5, 5.41) is 21.7. The molecule has 2 amide bonds. The van der Waals surface area contributed by atoms with E-state index in [1.807, 2.05) is 0 Å². The number of halogens is 6. The van der Waals surface area contributed by atoms with Crippen LogP contribution in [0.1, 0.15) is 55.0 Å². The lowest BCUT2D eigenvalue weighted by molar-refractivity contribution is -0.274. The second kappa shape index (κ2) is 14.1. The Morgan fingerprint density at radius 3 is 2.49 bits per heavy atom. The Morgan fingerprint density at radius 1 is 0.977 bits per heavy atom. The zero-order chi connectivity index (χ0) is 31.0. The summed E-state index contributed by atoms with van der Waals surface area (Å²) in [6, 6.07) is 7.94. The summed E-state index contributed by atoms with van der Waals surface area (Å²) in [6.07, 6.45) is -0.386. The van der Waals surface area contributed by atoms with Gasteiger partial charge in [0.25, 0.3) is 11.8 Å². The summed E-state index contributed by atoms with van der Waals surface area (Å²) in [5.74, 6) is -1.38. The highest BCUT2D eigenvalue weighted by atomic mass is 127. The quantitative estimate of drug-likeness (QED) is 0.0866. The Morgan fingerprint density at radius 2 is 1.77 bits per heavy atom. The van der Waals surface area contributed by atoms with E-state index in [2.05, 4.69) is 40.9 Å². The Balaban J connectivity index is 1.16. The van der Waals surface area contributed by atoms with E-state index in [4.69, 9.17) is 0 Å². The summed E-state index contributed by atoms with van der Waals surface area (Å²) >= 11 is 2.15. The Bertz CT molecular complexity index is 1540. The van der Waals surface area contributed by atoms with Gasteiger partial charge in [-0.05, 0) is 42.7 Å². The van der Waals surface area contributed by atoms with Gasteiger partial charge >= 0.3 is 10.3 Å². The van der Waals surface area contributed by atoms with Crippen molar-refractivity contribution < 1.29 is 36.3 Å². The largest absolute Gasteiger partial charge is 0.573 e. The maximum Gasteiger partial charge on any atom is 0.573 e. The number of unbranched alkanes of at least 4 members (excludes halogenated alkanes) is 1. The zero-order valence-corrected chi connectivity index (χ0v) is 24.9. The second-order valence-electron chi connectivity index (χ2n) is 8.92. The smallest absolute Gasteiger partial charge is 0.406 e. The third-order valence-electron chi connectivity index (χ3n) is 5.63. The first-order chi connectivity index (χ1) is 20.4. The molecule has 228 valence electrons. The predicted molar refractivity (Wildman–Crippen MR) is 150 cm³/mol.